The molecule has 4 aliphatic rings. The van der Waals surface area contributed by atoms with Gasteiger partial charge in [-0.05, 0) is 104 Å². The van der Waals surface area contributed by atoms with Crippen LogP contribution in [0, 0.1) is 5.92 Å². The number of piperidine rings is 1. The van der Waals surface area contributed by atoms with Crippen LogP contribution in [0.2, 0.25) is 0 Å². The quantitative estimate of drug-likeness (QED) is 0.0642. The third-order valence-electron chi connectivity index (χ3n) is 14.6. The van der Waals surface area contributed by atoms with E-state index in [1.165, 1.54) is 16.8 Å². The van der Waals surface area contributed by atoms with Crippen molar-refractivity contribution in [3.05, 3.63) is 147 Å². The van der Waals surface area contributed by atoms with Gasteiger partial charge in [-0.15, -0.1) is 10.2 Å². The Hall–Kier alpha value is -7.00. The molecule has 20 heteroatoms. The van der Waals surface area contributed by atoms with Crippen molar-refractivity contribution < 1.29 is 46.6 Å². The molecule has 0 spiro atoms. The summed E-state index contributed by atoms with van der Waals surface area (Å²) in [7, 11) is 1.90. The molecule has 0 bridgehead atoms. The van der Waals surface area contributed by atoms with E-state index in [0.717, 1.165) is 63.9 Å². The Balaban J connectivity index is 0.663. The zero-order valence-electron chi connectivity index (χ0n) is 41.0. The van der Waals surface area contributed by atoms with Crippen LogP contribution in [0.1, 0.15) is 112 Å². The first-order valence-corrected chi connectivity index (χ1v) is 25.2. The minimum Gasteiger partial charge on any atom is -0.382 e. The van der Waals surface area contributed by atoms with Gasteiger partial charge in [0.25, 0.3) is 11.8 Å². The molecule has 1 saturated carbocycles. The number of imide groups is 2. The number of aryl methyl sites for hydroxylation is 1. The smallest absolute Gasteiger partial charge is 0.382 e. The number of imidazole rings is 1. The van der Waals surface area contributed by atoms with Gasteiger partial charge in [0, 0.05) is 57.1 Å². The van der Waals surface area contributed by atoms with Crippen LogP contribution in [-0.2, 0) is 56.8 Å². The molecule has 17 nitrogen and oxygen atoms in total. The van der Waals surface area contributed by atoms with Gasteiger partial charge in [-0.2, -0.15) is 13.2 Å². The molecule has 6 aromatic rings. The monoisotopic (exact) mass is 1020 g/mol. The number of amides is 4. The number of carbonyl (C=O) groups excluding carboxylic acids is 4. The number of alkyl halides is 3. The van der Waals surface area contributed by atoms with Crippen LogP contribution >= 0.6 is 0 Å². The second-order valence-corrected chi connectivity index (χ2v) is 19.6. The number of rotatable bonds is 19. The van der Waals surface area contributed by atoms with Crippen LogP contribution in [0.25, 0.3) is 11.2 Å². The summed E-state index contributed by atoms with van der Waals surface area (Å²) in [5, 5.41) is 13.9. The first kappa shape index (κ1) is 50.5. The van der Waals surface area contributed by atoms with Crippen molar-refractivity contribution in [3.8, 4) is 5.69 Å². The van der Waals surface area contributed by atoms with Crippen LogP contribution in [0.3, 0.4) is 0 Å². The number of ether oxygens (including phenoxy) is 3. The third kappa shape index (κ3) is 10.8. The summed E-state index contributed by atoms with van der Waals surface area (Å²) in [4.78, 5) is 67.6. The molecule has 74 heavy (non-hydrogen) atoms. The van der Waals surface area contributed by atoms with Crippen LogP contribution in [0.15, 0.2) is 96.3 Å². The normalized spacial score (nSPS) is 19.2. The van der Waals surface area contributed by atoms with Gasteiger partial charge in [0.05, 0.1) is 67.0 Å². The Bertz CT molecular complexity index is 3110. The van der Waals surface area contributed by atoms with E-state index in [4.69, 9.17) is 14.2 Å². The number of likely N-dealkylation sites (tertiary alicyclic amines) is 1. The fourth-order valence-corrected chi connectivity index (χ4v) is 10.6. The van der Waals surface area contributed by atoms with Crippen molar-refractivity contribution in [2.45, 2.75) is 95.4 Å². The molecule has 388 valence electrons. The Morgan fingerprint density at radius 2 is 1.58 bits per heavy atom. The Morgan fingerprint density at radius 3 is 2.30 bits per heavy atom. The van der Waals surface area contributed by atoms with Crippen LogP contribution < -0.4 is 16.3 Å². The highest BCUT2D eigenvalue weighted by atomic mass is 19.4. The molecule has 2 N–H and O–H groups in total. The molecule has 6 heterocycles. The largest absolute Gasteiger partial charge is 0.418 e. The lowest BCUT2D eigenvalue weighted by Gasteiger charge is -2.33. The first-order chi connectivity index (χ1) is 35.8. The number of nitrogens with one attached hydrogen (secondary N) is 2. The summed E-state index contributed by atoms with van der Waals surface area (Å²) in [5.41, 5.74) is 3.01. The molecule has 3 aromatic heterocycles. The summed E-state index contributed by atoms with van der Waals surface area (Å²) < 4.78 is 66.4. The van der Waals surface area contributed by atoms with Gasteiger partial charge in [-0.1, -0.05) is 48.9 Å². The van der Waals surface area contributed by atoms with Gasteiger partial charge in [0.15, 0.2) is 0 Å². The molecule has 1 unspecified atom stereocenters. The lowest BCUT2D eigenvalue weighted by Crippen LogP contribution is -2.54. The molecule has 3 aromatic carbocycles. The number of benzene rings is 3. The number of carbonyl (C=O) groups is 4. The molecular weight excluding hydrogens is 960 g/mol. The van der Waals surface area contributed by atoms with E-state index in [2.05, 4.69) is 25.7 Å². The molecule has 1 aliphatic carbocycles. The fourth-order valence-electron chi connectivity index (χ4n) is 10.6. The summed E-state index contributed by atoms with van der Waals surface area (Å²) in [6.45, 7) is 3.76. The van der Waals surface area contributed by atoms with E-state index in [9.17, 15) is 37.1 Å². The maximum Gasteiger partial charge on any atom is 0.418 e. The van der Waals surface area contributed by atoms with Crippen molar-refractivity contribution >= 4 is 34.8 Å². The Kier molecular flexibility index (Phi) is 14.9. The van der Waals surface area contributed by atoms with E-state index in [-0.39, 0.29) is 48.1 Å². The minimum atomic E-state index is -4.68. The van der Waals surface area contributed by atoms with Crippen molar-refractivity contribution in [2.75, 3.05) is 44.8 Å². The predicted molar refractivity (Wildman–Crippen MR) is 264 cm³/mol. The molecule has 3 atom stereocenters. The van der Waals surface area contributed by atoms with Crippen molar-refractivity contribution in [1.29, 1.82) is 0 Å². The highest BCUT2D eigenvalue weighted by Crippen LogP contribution is 2.43. The van der Waals surface area contributed by atoms with Gasteiger partial charge in [0.2, 0.25) is 11.8 Å². The molecule has 0 radical (unpaired) electrons. The zero-order chi connectivity index (χ0) is 51.5. The Labute approximate surface area is 424 Å². The highest BCUT2D eigenvalue weighted by Gasteiger charge is 2.46. The number of aromatic nitrogens is 5. The van der Waals surface area contributed by atoms with Crippen molar-refractivity contribution in [2.24, 2.45) is 13.0 Å². The van der Waals surface area contributed by atoms with Gasteiger partial charge in [-0.3, -0.25) is 43.3 Å². The molecule has 10 rings (SSSR count). The number of hydrogen-bond acceptors (Lipinski definition) is 12. The van der Waals surface area contributed by atoms with Gasteiger partial charge in [-0.25, -0.2) is 4.79 Å². The summed E-state index contributed by atoms with van der Waals surface area (Å²) >= 11 is 0. The average Bonchev–Trinajstić information content (AvgIpc) is 3.96. The van der Waals surface area contributed by atoms with Gasteiger partial charge >= 0.3 is 11.9 Å². The van der Waals surface area contributed by atoms with Gasteiger partial charge < -0.3 is 24.1 Å². The zero-order valence-corrected chi connectivity index (χ0v) is 41.0. The second-order valence-electron chi connectivity index (χ2n) is 19.6. The standard InChI is InChI=1S/C54H58F3N9O8/c1-62-33-59-61-49(62)47(37-6-2-7-37)38-8-3-9-39(27-38)64-30-45-42(54(55,56)57)26-36(29-65(45)53(64)71)28-63-21-5-10-40(19-22-63)74-25-24-73-32-35-15-13-34(14-16-35)31-72-23-20-58-43-12-4-11-41-48(43)52(70)66(51(41)69)44-17-18-46(67)60-50(44)68/h3-4,8-9,11-16,26-27,29-30,33,37,40,44,47,58H,2,5-7,10,17-25,28,31-32H2,1H3,(H,60,67,68)/t40-,44?,47+/m0/s1. The van der Waals surface area contributed by atoms with Crippen LogP contribution in [0.4, 0.5) is 18.9 Å². The number of pyridine rings is 1. The molecule has 3 aliphatic heterocycles. The van der Waals surface area contributed by atoms with E-state index in [1.807, 2.05) is 54.1 Å². The van der Waals surface area contributed by atoms with E-state index in [0.29, 0.717) is 81.9 Å². The Morgan fingerprint density at radius 1 is 0.811 bits per heavy atom. The number of hydrogen-bond donors (Lipinski definition) is 2. The molecule has 3 fully saturated rings. The minimum absolute atomic E-state index is 0.0215. The van der Waals surface area contributed by atoms with Crippen LogP contribution in [0.5, 0.6) is 0 Å². The van der Waals surface area contributed by atoms with E-state index in [1.54, 1.807) is 36.8 Å². The van der Waals surface area contributed by atoms with E-state index >= 15 is 0 Å². The summed E-state index contributed by atoms with van der Waals surface area (Å²) in [6.07, 6.45) is 5.43. The molecule has 4 amide bonds. The molecular formula is C54H58F3N9O8. The van der Waals surface area contributed by atoms with Crippen molar-refractivity contribution in [3.63, 3.8) is 0 Å². The highest BCUT2D eigenvalue weighted by molar-refractivity contribution is 6.25. The lowest BCUT2D eigenvalue weighted by atomic mass is 9.72. The van der Waals surface area contributed by atoms with Crippen molar-refractivity contribution in [1.82, 2.24) is 38.8 Å². The number of nitrogens with zero attached hydrogens (tertiary/aromatic N) is 7. The van der Waals surface area contributed by atoms with Gasteiger partial charge in [0.1, 0.15) is 18.2 Å². The maximum atomic E-state index is 14.7. The van der Waals surface area contributed by atoms with Crippen LogP contribution in [-0.4, -0.2) is 109 Å². The molecule has 2 saturated heterocycles. The van der Waals surface area contributed by atoms with E-state index < -0.39 is 47.1 Å². The number of anilines is 1. The lowest BCUT2D eigenvalue weighted by molar-refractivity contribution is -0.137. The SMILES string of the molecule is Cn1cnnc1[C@@H](c1cccc(-n2cc3c(C(F)(F)F)cc(CN4CCC[C@H](OCCOCc5ccc(COCCNc6cccc7c6C(=O)N(C6CCC(=O)NC6=O)C7=O)cc5)CC4)cn3c2=O)c1)C1CCC1. The second kappa shape index (κ2) is 21.8. The maximum absolute atomic E-state index is 14.7. The fraction of sp³-hybridized carbons (Fsp3) is 0.426. The third-order valence-corrected chi connectivity index (χ3v) is 14.6. The topological polar surface area (TPSA) is 184 Å². The summed E-state index contributed by atoms with van der Waals surface area (Å²) in [6, 6.07) is 20.4. The number of fused-ring (bicyclic) bond motifs is 2. The summed E-state index contributed by atoms with van der Waals surface area (Å²) in [5.74, 6) is -1.11. The predicted octanol–water partition coefficient (Wildman–Crippen LogP) is 6.79. The average molecular weight is 1020 g/mol. The first-order valence-electron chi connectivity index (χ1n) is 25.2. The number of halogens is 3.